The van der Waals surface area contributed by atoms with Crippen molar-refractivity contribution in [2.45, 2.75) is 6.61 Å². The zero-order valence-corrected chi connectivity index (χ0v) is 19.7. The van der Waals surface area contributed by atoms with E-state index in [4.69, 9.17) is 18.9 Å². The van der Waals surface area contributed by atoms with Gasteiger partial charge in [0.2, 0.25) is 0 Å². The summed E-state index contributed by atoms with van der Waals surface area (Å²) in [5, 5.41) is 3.76. The van der Waals surface area contributed by atoms with E-state index in [-0.39, 0.29) is 18.5 Å². The maximum atomic E-state index is 13.0. The van der Waals surface area contributed by atoms with Crippen LogP contribution in [0.2, 0.25) is 0 Å². The molecule has 0 unspecified atom stereocenters. The van der Waals surface area contributed by atoms with Crippen molar-refractivity contribution in [3.8, 4) is 17.2 Å². The third kappa shape index (κ3) is 4.97. The number of nitrogens with one attached hydrogen (secondary N) is 1. The second-order valence-corrected chi connectivity index (χ2v) is 8.36. The Bertz CT molecular complexity index is 1350. The number of benzene rings is 3. The molecule has 1 amide bonds. The number of carbonyl (C=O) groups is 2. The minimum Gasteiger partial charge on any atom is -0.496 e. The number of esters is 1. The Labute approximate surface area is 200 Å². The van der Waals surface area contributed by atoms with E-state index < -0.39 is 0 Å². The lowest BCUT2D eigenvalue weighted by Crippen LogP contribution is -2.12. The van der Waals surface area contributed by atoms with Crippen LogP contribution in [0.25, 0.3) is 10.1 Å². The molecule has 3 aromatic carbocycles. The van der Waals surface area contributed by atoms with Crippen molar-refractivity contribution in [3.05, 3.63) is 82.7 Å². The number of ether oxygens (including phenoxy) is 4. The highest BCUT2D eigenvalue weighted by atomic mass is 32.1. The number of fused-ring (bicyclic) bond motifs is 1. The van der Waals surface area contributed by atoms with Crippen LogP contribution in [-0.2, 0) is 11.3 Å². The van der Waals surface area contributed by atoms with Crippen molar-refractivity contribution in [2.75, 3.05) is 26.6 Å². The minimum absolute atomic E-state index is 0.196. The van der Waals surface area contributed by atoms with Crippen molar-refractivity contribution >= 4 is 39.0 Å². The lowest BCUT2D eigenvalue weighted by atomic mass is 10.1. The molecule has 1 aromatic heterocycles. The zero-order valence-electron chi connectivity index (χ0n) is 18.9. The number of hydrogen-bond donors (Lipinski definition) is 1. The number of thiophene rings is 1. The maximum absolute atomic E-state index is 13.0. The Morgan fingerprint density at radius 1 is 0.853 bits per heavy atom. The molecule has 7 nitrogen and oxygen atoms in total. The van der Waals surface area contributed by atoms with Crippen LogP contribution in [-0.4, -0.2) is 33.2 Å². The molecule has 0 radical (unpaired) electrons. The molecule has 1 heterocycles. The Morgan fingerprint density at radius 3 is 2.35 bits per heavy atom. The van der Waals surface area contributed by atoms with E-state index in [2.05, 4.69) is 5.32 Å². The van der Waals surface area contributed by atoms with Gasteiger partial charge >= 0.3 is 5.97 Å². The second kappa shape index (κ2) is 10.3. The van der Waals surface area contributed by atoms with Gasteiger partial charge in [0.15, 0.2) is 11.5 Å². The molecule has 0 saturated carbocycles. The summed E-state index contributed by atoms with van der Waals surface area (Å²) >= 11 is 1.34. The number of methoxy groups -OCH3 is 3. The lowest BCUT2D eigenvalue weighted by molar-refractivity contribution is 0.0606. The maximum Gasteiger partial charge on any atom is 0.348 e. The average Bonchev–Trinajstić information content (AvgIpc) is 3.30. The Hall–Kier alpha value is -4.04. The topological polar surface area (TPSA) is 83.1 Å². The number of hydrogen-bond acceptors (Lipinski definition) is 7. The molecule has 34 heavy (non-hydrogen) atoms. The van der Waals surface area contributed by atoms with Gasteiger partial charge in [0.05, 0.1) is 21.3 Å². The first kappa shape index (κ1) is 23.1. The molecule has 0 aliphatic heterocycles. The van der Waals surface area contributed by atoms with Crippen LogP contribution in [0.4, 0.5) is 5.69 Å². The molecular formula is C26H23NO6S. The number of carbonyl (C=O) groups excluding carboxylic acids is 2. The van der Waals surface area contributed by atoms with Gasteiger partial charge < -0.3 is 24.3 Å². The standard InChI is InChI=1S/C26H23NO6S/c1-30-20-10-8-16(12-18(20)15-33-22-7-5-4-6-21(22)31-2)25(28)27-19-9-11-23-17(13-19)14-24(34-23)26(29)32-3/h4-14H,15H2,1-3H3,(H,27,28). The Morgan fingerprint density at radius 2 is 1.62 bits per heavy atom. The van der Waals surface area contributed by atoms with Crippen LogP contribution in [0.15, 0.2) is 66.7 Å². The van der Waals surface area contributed by atoms with Crippen LogP contribution < -0.4 is 19.5 Å². The fraction of sp³-hybridized carbons (Fsp3) is 0.154. The van der Waals surface area contributed by atoms with Crippen molar-refractivity contribution in [1.29, 1.82) is 0 Å². The smallest absolute Gasteiger partial charge is 0.348 e. The average molecular weight is 478 g/mol. The van der Waals surface area contributed by atoms with Crippen LogP contribution in [0.3, 0.4) is 0 Å². The first-order chi connectivity index (χ1) is 16.5. The SMILES string of the molecule is COC(=O)c1cc2cc(NC(=O)c3ccc(OC)c(COc4ccccc4OC)c3)ccc2s1. The molecule has 4 aromatic rings. The van der Waals surface area contributed by atoms with Gasteiger partial charge in [-0.15, -0.1) is 11.3 Å². The summed E-state index contributed by atoms with van der Waals surface area (Å²) in [5.41, 5.74) is 1.80. The highest BCUT2D eigenvalue weighted by Gasteiger charge is 2.14. The van der Waals surface area contributed by atoms with Gasteiger partial charge in [0.25, 0.3) is 5.91 Å². The molecule has 4 rings (SSSR count). The molecule has 0 spiro atoms. The molecule has 0 atom stereocenters. The van der Waals surface area contributed by atoms with Gasteiger partial charge in [-0.25, -0.2) is 4.79 Å². The van der Waals surface area contributed by atoms with Gasteiger partial charge in [-0.05, 0) is 60.0 Å². The number of rotatable bonds is 8. The molecule has 174 valence electrons. The van der Waals surface area contributed by atoms with E-state index in [1.54, 1.807) is 44.6 Å². The van der Waals surface area contributed by atoms with E-state index in [0.717, 1.165) is 15.6 Å². The summed E-state index contributed by atoms with van der Waals surface area (Å²) in [7, 11) is 4.50. The largest absolute Gasteiger partial charge is 0.496 e. The third-order valence-electron chi connectivity index (χ3n) is 5.16. The number of anilines is 1. The Kier molecular flexibility index (Phi) is 6.98. The second-order valence-electron chi connectivity index (χ2n) is 7.28. The molecule has 0 saturated heterocycles. The van der Waals surface area contributed by atoms with E-state index in [1.807, 2.05) is 36.4 Å². The van der Waals surface area contributed by atoms with Crippen molar-refractivity contribution < 1.29 is 28.5 Å². The fourth-order valence-electron chi connectivity index (χ4n) is 3.45. The number of para-hydroxylation sites is 2. The fourth-order valence-corrected chi connectivity index (χ4v) is 4.41. The summed E-state index contributed by atoms with van der Waals surface area (Å²) in [6, 6.07) is 19.8. The van der Waals surface area contributed by atoms with Crippen LogP contribution in [0.5, 0.6) is 17.2 Å². The van der Waals surface area contributed by atoms with Crippen molar-refractivity contribution in [2.24, 2.45) is 0 Å². The Balaban J connectivity index is 1.52. The van der Waals surface area contributed by atoms with Gasteiger partial charge in [-0.1, -0.05) is 12.1 Å². The summed E-state index contributed by atoms with van der Waals surface area (Å²) in [5.74, 6) is 1.17. The van der Waals surface area contributed by atoms with Crippen LogP contribution in [0, 0.1) is 0 Å². The molecule has 0 fully saturated rings. The van der Waals surface area contributed by atoms with E-state index in [9.17, 15) is 9.59 Å². The monoisotopic (exact) mass is 477 g/mol. The highest BCUT2D eigenvalue weighted by molar-refractivity contribution is 7.20. The normalized spacial score (nSPS) is 10.6. The third-order valence-corrected chi connectivity index (χ3v) is 6.25. The van der Waals surface area contributed by atoms with Gasteiger partial charge in [0, 0.05) is 21.5 Å². The van der Waals surface area contributed by atoms with Crippen LogP contribution >= 0.6 is 11.3 Å². The summed E-state index contributed by atoms with van der Waals surface area (Å²) in [4.78, 5) is 25.2. The summed E-state index contributed by atoms with van der Waals surface area (Å²) < 4.78 is 22.4. The number of amides is 1. The van der Waals surface area contributed by atoms with Gasteiger partial charge in [-0.3, -0.25) is 4.79 Å². The first-order valence-corrected chi connectivity index (χ1v) is 11.2. The van der Waals surface area contributed by atoms with E-state index in [1.165, 1.54) is 18.4 Å². The highest BCUT2D eigenvalue weighted by Crippen LogP contribution is 2.30. The van der Waals surface area contributed by atoms with Crippen molar-refractivity contribution in [3.63, 3.8) is 0 Å². The van der Waals surface area contributed by atoms with Crippen LogP contribution in [0.1, 0.15) is 25.6 Å². The molecule has 0 bridgehead atoms. The molecular weight excluding hydrogens is 454 g/mol. The van der Waals surface area contributed by atoms with Crippen molar-refractivity contribution in [1.82, 2.24) is 0 Å². The molecule has 0 aliphatic carbocycles. The lowest BCUT2D eigenvalue weighted by Gasteiger charge is -2.14. The van der Waals surface area contributed by atoms with E-state index in [0.29, 0.717) is 33.4 Å². The molecule has 8 heteroatoms. The minimum atomic E-state index is -0.382. The quantitative estimate of drug-likeness (QED) is 0.336. The molecule has 1 N–H and O–H groups in total. The summed E-state index contributed by atoms with van der Waals surface area (Å²) in [6.45, 7) is 0.196. The summed E-state index contributed by atoms with van der Waals surface area (Å²) in [6.07, 6.45) is 0. The van der Waals surface area contributed by atoms with Gasteiger partial charge in [0.1, 0.15) is 17.2 Å². The molecule has 0 aliphatic rings. The van der Waals surface area contributed by atoms with E-state index >= 15 is 0 Å². The first-order valence-electron chi connectivity index (χ1n) is 10.4. The zero-order chi connectivity index (χ0) is 24.1. The predicted octanol–water partition coefficient (Wildman–Crippen LogP) is 5.54. The van der Waals surface area contributed by atoms with Gasteiger partial charge in [-0.2, -0.15) is 0 Å². The predicted molar refractivity (Wildman–Crippen MR) is 131 cm³/mol.